The molecule has 0 radical (unpaired) electrons. The number of ether oxygens (including phenoxy) is 1. The van der Waals surface area contributed by atoms with Crippen molar-refractivity contribution in [2.24, 2.45) is 4.36 Å². The van der Waals surface area contributed by atoms with Crippen LogP contribution in [-0.4, -0.2) is 22.2 Å². The SMILES string of the molecule is CS(=O)(=N/C=C(\C#N)C(=O)c1cccs1)c1ccc(OC(=O)c2ccc(Cl)cc2)cc1. The molecular formula is C22H15ClN2O4S2. The van der Waals surface area contributed by atoms with Gasteiger partial charge in [0.25, 0.3) is 0 Å². The lowest BCUT2D eigenvalue weighted by molar-refractivity contribution is 0.0734. The number of rotatable bonds is 6. The van der Waals surface area contributed by atoms with Gasteiger partial charge in [0, 0.05) is 16.2 Å². The van der Waals surface area contributed by atoms with Gasteiger partial charge in [0.15, 0.2) is 0 Å². The molecule has 156 valence electrons. The predicted molar refractivity (Wildman–Crippen MR) is 120 cm³/mol. The molecule has 0 saturated heterocycles. The number of carbonyl (C=O) groups is 2. The van der Waals surface area contributed by atoms with Gasteiger partial charge in [0.1, 0.15) is 17.4 Å². The molecule has 3 rings (SSSR count). The molecule has 1 aromatic heterocycles. The summed E-state index contributed by atoms with van der Waals surface area (Å²) in [6.45, 7) is 0. The fraction of sp³-hybridized carbons (Fsp3) is 0.0455. The van der Waals surface area contributed by atoms with E-state index in [-0.39, 0.29) is 11.3 Å². The zero-order chi connectivity index (χ0) is 22.4. The van der Waals surface area contributed by atoms with Crippen LogP contribution < -0.4 is 4.74 Å². The number of hydrogen-bond acceptors (Lipinski definition) is 7. The first-order chi connectivity index (χ1) is 14.8. The Bertz CT molecular complexity index is 1300. The summed E-state index contributed by atoms with van der Waals surface area (Å²) in [6.07, 6.45) is 2.43. The van der Waals surface area contributed by atoms with Crippen LogP contribution in [0.1, 0.15) is 20.0 Å². The molecule has 1 atom stereocenters. The van der Waals surface area contributed by atoms with Crippen LogP contribution >= 0.6 is 22.9 Å². The fourth-order valence-corrected chi connectivity index (χ4v) is 4.28. The quantitative estimate of drug-likeness (QED) is 0.159. The maximum atomic E-state index is 13.0. The molecule has 0 fully saturated rings. The molecule has 1 unspecified atom stereocenters. The number of nitrogens with zero attached hydrogens (tertiary/aromatic N) is 2. The van der Waals surface area contributed by atoms with Gasteiger partial charge < -0.3 is 4.74 Å². The largest absolute Gasteiger partial charge is 0.423 e. The van der Waals surface area contributed by atoms with E-state index in [0.717, 1.165) is 6.20 Å². The van der Waals surface area contributed by atoms with Gasteiger partial charge in [0.2, 0.25) is 5.78 Å². The average Bonchev–Trinajstić information content (AvgIpc) is 3.30. The second kappa shape index (κ2) is 9.71. The van der Waals surface area contributed by atoms with Gasteiger partial charge in [-0.2, -0.15) is 5.26 Å². The van der Waals surface area contributed by atoms with E-state index in [4.69, 9.17) is 16.3 Å². The number of thiophene rings is 1. The van der Waals surface area contributed by atoms with Crippen molar-refractivity contribution in [1.29, 1.82) is 5.26 Å². The highest BCUT2D eigenvalue weighted by Gasteiger charge is 2.14. The van der Waals surface area contributed by atoms with Crippen LogP contribution in [0.15, 0.2) is 87.1 Å². The number of benzene rings is 2. The van der Waals surface area contributed by atoms with Crippen LogP contribution in [-0.2, 0) is 9.73 Å². The van der Waals surface area contributed by atoms with Crippen molar-refractivity contribution in [3.8, 4) is 11.8 Å². The van der Waals surface area contributed by atoms with Gasteiger partial charge in [-0.05, 0) is 60.0 Å². The van der Waals surface area contributed by atoms with E-state index < -0.39 is 21.5 Å². The second-order valence-electron chi connectivity index (χ2n) is 6.24. The fourth-order valence-electron chi connectivity index (χ4n) is 2.41. The number of nitriles is 1. The van der Waals surface area contributed by atoms with Gasteiger partial charge in [-0.1, -0.05) is 17.7 Å². The average molecular weight is 471 g/mol. The van der Waals surface area contributed by atoms with Crippen molar-refractivity contribution >= 4 is 44.4 Å². The minimum absolute atomic E-state index is 0.203. The highest BCUT2D eigenvalue weighted by molar-refractivity contribution is 7.93. The maximum absolute atomic E-state index is 13.0. The Labute approximate surface area is 188 Å². The van der Waals surface area contributed by atoms with Gasteiger partial charge in [0.05, 0.1) is 26.4 Å². The van der Waals surface area contributed by atoms with Crippen molar-refractivity contribution in [2.75, 3.05) is 6.26 Å². The monoisotopic (exact) mass is 470 g/mol. The Balaban J connectivity index is 1.78. The number of hydrogen-bond donors (Lipinski definition) is 0. The minimum atomic E-state index is -2.93. The van der Waals surface area contributed by atoms with E-state index in [2.05, 4.69) is 4.36 Å². The summed E-state index contributed by atoms with van der Waals surface area (Å²) in [5, 5.41) is 11.5. The second-order valence-corrected chi connectivity index (χ2v) is 9.91. The first-order valence-electron chi connectivity index (χ1n) is 8.78. The zero-order valence-corrected chi connectivity index (χ0v) is 18.5. The molecule has 0 N–H and O–H groups in total. The van der Waals surface area contributed by atoms with Crippen molar-refractivity contribution in [3.05, 3.63) is 93.3 Å². The highest BCUT2D eigenvalue weighted by Crippen LogP contribution is 2.20. The molecule has 31 heavy (non-hydrogen) atoms. The molecule has 0 bridgehead atoms. The summed E-state index contributed by atoms with van der Waals surface area (Å²) in [6, 6.07) is 17.4. The van der Waals surface area contributed by atoms with Gasteiger partial charge in [-0.15, -0.1) is 11.3 Å². The Morgan fingerprint density at radius 3 is 2.39 bits per heavy atom. The van der Waals surface area contributed by atoms with Crippen molar-refractivity contribution < 1.29 is 18.5 Å². The summed E-state index contributed by atoms with van der Waals surface area (Å²) in [4.78, 5) is 25.2. The molecule has 0 aliphatic rings. The molecule has 0 spiro atoms. The van der Waals surface area contributed by atoms with E-state index >= 15 is 0 Å². The summed E-state index contributed by atoms with van der Waals surface area (Å²) < 4.78 is 22.2. The molecule has 0 saturated carbocycles. The molecule has 0 aliphatic heterocycles. The van der Waals surface area contributed by atoms with Crippen LogP contribution in [0, 0.1) is 11.3 Å². The van der Waals surface area contributed by atoms with Crippen LogP contribution in [0.3, 0.4) is 0 Å². The Hall–Kier alpha value is -3.25. The molecule has 0 aliphatic carbocycles. The number of ketones is 1. The molecular weight excluding hydrogens is 456 g/mol. The minimum Gasteiger partial charge on any atom is -0.423 e. The summed E-state index contributed by atoms with van der Waals surface area (Å²) in [5.41, 5.74) is 0.137. The van der Waals surface area contributed by atoms with E-state index in [9.17, 15) is 19.1 Å². The number of allylic oxidation sites excluding steroid dienone is 1. The molecule has 2 aromatic carbocycles. The summed E-state index contributed by atoms with van der Waals surface area (Å²) in [5.74, 6) is -0.763. The molecule has 6 nitrogen and oxygen atoms in total. The Kier molecular flexibility index (Phi) is 7.02. The third kappa shape index (κ3) is 5.67. The van der Waals surface area contributed by atoms with Crippen molar-refractivity contribution in [1.82, 2.24) is 0 Å². The van der Waals surface area contributed by atoms with E-state index in [1.807, 2.05) is 0 Å². The lowest BCUT2D eigenvalue weighted by Crippen LogP contribution is -2.08. The molecule has 9 heteroatoms. The Morgan fingerprint density at radius 1 is 1.13 bits per heavy atom. The standard InChI is InChI=1S/C22H15ClN2O4S2/c1-31(28,25-14-16(13-24)21(26)20-3-2-12-30-20)19-10-8-18(9-11-19)29-22(27)15-4-6-17(23)7-5-15/h2-12,14H,1H3/b16-14+. The number of Topliss-reactive ketones (excluding diaryl/α,β-unsaturated/α-hetero) is 1. The molecule has 3 aromatic rings. The van der Waals surface area contributed by atoms with Crippen LogP contribution in [0.25, 0.3) is 0 Å². The first kappa shape index (κ1) is 22.4. The zero-order valence-electron chi connectivity index (χ0n) is 16.2. The predicted octanol–water partition coefficient (Wildman–Crippen LogP) is 5.37. The van der Waals surface area contributed by atoms with E-state index in [0.29, 0.717) is 20.4 Å². The third-order valence-corrected chi connectivity index (χ3v) is 6.82. The van der Waals surface area contributed by atoms with Crippen molar-refractivity contribution in [3.63, 3.8) is 0 Å². The summed E-state index contributed by atoms with van der Waals surface area (Å²) >= 11 is 7.01. The topological polar surface area (TPSA) is 96.6 Å². The molecule has 1 heterocycles. The normalized spacial score (nSPS) is 13.0. The number of halogens is 1. The van der Waals surface area contributed by atoms with E-state index in [1.165, 1.54) is 41.9 Å². The van der Waals surface area contributed by atoms with Crippen LogP contribution in [0.5, 0.6) is 5.75 Å². The first-order valence-corrected chi connectivity index (χ1v) is 12.0. The Morgan fingerprint density at radius 2 is 1.81 bits per heavy atom. The van der Waals surface area contributed by atoms with Gasteiger partial charge in [-0.3, -0.25) is 4.79 Å². The van der Waals surface area contributed by atoms with E-state index in [1.54, 1.807) is 47.8 Å². The summed E-state index contributed by atoms with van der Waals surface area (Å²) in [7, 11) is -2.93. The van der Waals surface area contributed by atoms with Crippen LogP contribution in [0.4, 0.5) is 0 Å². The van der Waals surface area contributed by atoms with Gasteiger partial charge >= 0.3 is 5.97 Å². The van der Waals surface area contributed by atoms with Crippen LogP contribution in [0.2, 0.25) is 5.02 Å². The number of esters is 1. The highest BCUT2D eigenvalue weighted by atomic mass is 35.5. The maximum Gasteiger partial charge on any atom is 0.343 e. The third-order valence-electron chi connectivity index (χ3n) is 4.04. The molecule has 0 amide bonds. The smallest absolute Gasteiger partial charge is 0.343 e. The van der Waals surface area contributed by atoms with Crippen molar-refractivity contribution in [2.45, 2.75) is 4.90 Å². The van der Waals surface area contributed by atoms with Gasteiger partial charge in [-0.25, -0.2) is 13.4 Å². The number of carbonyl (C=O) groups excluding carboxylic acids is 2. The lowest BCUT2D eigenvalue weighted by atomic mass is 10.2. The lowest BCUT2D eigenvalue weighted by Gasteiger charge is -2.07.